The number of carbonyl (C=O) groups excluding carboxylic acids is 2. The Morgan fingerprint density at radius 1 is 1.18 bits per heavy atom. The quantitative estimate of drug-likeness (QED) is 0.117. The molecular formula is C36H59N3O10. The number of ketones is 1. The van der Waals surface area contributed by atoms with Gasteiger partial charge in [-0.05, 0) is 54.0 Å². The maximum absolute atomic E-state index is 14.1. The van der Waals surface area contributed by atoms with Gasteiger partial charge >= 0.3 is 5.97 Å². The Morgan fingerprint density at radius 3 is 2.47 bits per heavy atom. The first kappa shape index (κ1) is 41.0. The zero-order valence-electron chi connectivity index (χ0n) is 30.8. The minimum absolute atomic E-state index is 0.0411. The van der Waals surface area contributed by atoms with E-state index in [1.165, 1.54) is 0 Å². The Bertz CT molecular complexity index is 1220. The fraction of sp³-hybridized carbons (Fsp3) is 0.833. The molecule has 4 rings (SSSR count). The molecule has 4 bridgehead atoms. The van der Waals surface area contributed by atoms with Crippen LogP contribution in [0, 0.1) is 36.0 Å². The highest BCUT2D eigenvalue weighted by atomic mass is 17.1. The highest BCUT2D eigenvalue weighted by Gasteiger charge is 2.55. The molecule has 0 aliphatic carbocycles. The van der Waals surface area contributed by atoms with E-state index < -0.39 is 59.5 Å². The standard InChI is InChI=1S/C34H55N3O8.C2H4O2/c1-10-12-15-37(9)25-16-20(3)42-27(17-25)44-31-22(5)29(38)23(6)32(39)43-26(11-2)34(8,45-40)30-21(4)28(35-13-14-36-30)24-18-33(31,7)41-19-24;1-2(3)4/h1,20-27,30-31,36,40H,11-19H2,2-9H3;1H3,(H,3,4)/t20-,21+,22+,23-,24+,25+,26-,27+,30-,31-,33-,34-;/m1./s1. The molecule has 0 aromatic carbocycles. The minimum atomic E-state index is -1.29. The zero-order valence-corrected chi connectivity index (χ0v) is 30.8. The summed E-state index contributed by atoms with van der Waals surface area (Å²) >= 11 is 0. The molecule has 13 heteroatoms. The molecule has 4 aliphatic heterocycles. The first-order valence-corrected chi connectivity index (χ1v) is 17.6. The summed E-state index contributed by atoms with van der Waals surface area (Å²) in [7, 11) is 2.07. The van der Waals surface area contributed by atoms with Crippen molar-refractivity contribution in [2.24, 2.45) is 28.7 Å². The predicted octanol–water partition coefficient (Wildman–Crippen LogP) is 3.58. The molecule has 49 heavy (non-hydrogen) atoms. The van der Waals surface area contributed by atoms with E-state index in [-0.39, 0.29) is 29.8 Å². The summed E-state index contributed by atoms with van der Waals surface area (Å²) in [6.07, 6.45) is 6.47. The largest absolute Gasteiger partial charge is 0.481 e. The highest BCUT2D eigenvalue weighted by molar-refractivity contribution is 6.00. The van der Waals surface area contributed by atoms with Crippen LogP contribution in [0.5, 0.6) is 0 Å². The smallest absolute Gasteiger partial charge is 0.316 e. The highest BCUT2D eigenvalue weighted by Crippen LogP contribution is 2.43. The topological polar surface area (TPSA) is 165 Å². The number of rotatable bonds is 7. The monoisotopic (exact) mass is 693 g/mol. The molecule has 0 unspecified atom stereocenters. The number of nitrogens with zero attached hydrogens (tertiary/aromatic N) is 2. The van der Waals surface area contributed by atoms with Crippen molar-refractivity contribution < 1.29 is 48.6 Å². The van der Waals surface area contributed by atoms with Crippen molar-refractivity contribution in [1.29, 1.82) is 0 Å². The van der Waals surface area contributed by atoms with Crippen LogP contribution in [0.3, 0.4) is 0 Å². The summed E-state index contributed by atoms with van der Waals surface area (Å²) in [5, 5.41) is 21.2. The average Bonchev–Trinajstić information content (AvgIpc) is 3.34. The fourth-order valence-electron chi connectivity index (χ4n) is 8.10. The number of carbonyl (C=O) groups is 3. The van der Waals surface area contributed by atoms with Gasteiger partial charge in [0.15, 0.2) is 17.7 Å². The number of Topliss-reactive ketones (excluding diaryl/α,β-unsaturated/α-hetero) is 1. The van der Waals surface area contributed by atoms with Gasteiger partial charge in [0.2, 0.25) is 0 Å². The van der Waals surface area contributed by atoms with Crippen molar-refractivity contribution in [1.82, 2.24) is 10.2 Å². The Morgan fingerprint density at radius 2 is 1.86 bits per heavy atom. The van der Waals surface area contributed by atoms with E-state index in [0.29, 0.717) is 45.4 Å². The maximum atomic E-state index is 14.1. The summed E-state index contributed by atoms with van der Waals surface area (Å²) in [6, 6.07) is -0.218. The molecule has 12 atom stereocenters. The van der Waals surface area contributed by atoms with Crippen LogP contribution in [0.25, 0.3) is 0 Å². The third-order valence-electron chi connectivity index (χ3n) is 10.8. The SMILES string of the molecule is C#CCCN(C)[C@@H]1C[C@H](O[C@@H]2[C@@H](C)C(=O)[C@@H](C)C(=O)O[C@H](CC)[C@@](C)(OO)[C@@H]3NCCN=C([C@@H]4CO[C@]2(C)C4)[C@@H]3C)O[C@H](C)C1.CC(=O)O. The molecule has 4 aliphatic rings. The molecule has 0 aromatic rings. The first-order valence-electron chi connectivity index (χ1n) is 17.6. The van der Waals surface area contributed by atoms with Gasteiger partial charge in [-0.2, -0.15) is 0 Å². The van der Waals surface area contributed by atoms with Gasteiger partial charge < -0.3 is 34.3 Å². The molecule has 0 spiro atoms. The number of aliphatic imine (C=N–C) groups is 1. The van der Waals surface area contributed by atoms with Crippen LogP contribution < -0.4 is 5.32 Å². The number of esters is 1. The van der Waals surface area contributed by atoms with Crippen LogP contribution >= 0.6 is 0 Å². The Hall–Kier alpha value is -2.44. The molecular weight excluding hydrogens is 634 g/mol. The number of ether oxygens (including phenoxy) is 4. The van der Waals surface area contributed by atoms with E-state index in [1.807, 2.05) is 20.8 Å². The summed E-state index contributed by atoms with van der Waals surface area (Å²) < 4.78 is 25.7. The summed E-state index contributed by atoms with van der Waals surface area (Å²) in [4.78, 5) is 49.1. The second-order valence-electron chi connectivity index (χ2n) is 14.6. The number of aliphatic carboxylic acids is 1. The van der Waals surface area contributed by atoms with Crippen molar-refractivity contribution in [3.8, 4) is 12.3 Å². The lowest BCUT2D eigenvalue weighted by atomic mass is 9.74. The number of cyclic esters (lactones) is 1. The molecule has 3 fully saturated rings. The van der Waals surface area contributed by atoms with Crippen LogP contribution in [-0.2, 0) is 38.2 Å². The molecule has 13 nitrogen and oxygen atoms in total. The Labute approximate surface area is 291 Å². The lowest BCUT2D eigenvalue weighted by molar-refractivity contribution is -0.349. The van der Waals surface area contributed by atoms with Crippen molar-refractivity contribution >= 4 is 23.4 Å². The average molecular weight is 694 g/mol. The number of hydrogen-bond acceptors (Lipinski definition) is 12. The van der Waals surface area contributed by atoms with Gasteiger partial charge in [-0.25, -0.2) is 4.89 Å². The lowest BCUT2D eigenvalue weighted by Crippen LogP contribution is -2.62. The zero-order chi connectivity index (χ0) is 36.7. The molecule has 0 saturated carbocycles. The van der Waals surface area contributed by atoms with Crippen LogP contribution in [0.4, 0.5) is 0 Å². The summed E-state index contributed by atoms with van der Waals surface area (Å²) in [5.41, 5.74) is -1.19. The minimum Gasteiger partial charge on any atom is -0.481 e. The van der Waals surface area contributed by atoms with Gasteiger partial charge in [0.1, 0.15) is 12.0 Å². The van der Waals surface area contributed by atoms with Crippen LogP contribution in [0.1, 0.15) is 87.5 Å². The maximum Gasteiger partial charge on any atom is 0.316 e. The van der Waals surface area contributed by atoms with E-state index in [9.17, 15) is 14.8 Å². The first-order chi connectivity index (χ1) is 23.0. The molecule has 0 radical (unpaired) electrons. The van der Waals surface area contributed by atoms with E-state index in [2.05, 4.69) is 30.1 Å². The van der Waals surface area contributed by atoms with Gasteiger partial charge in [-0.1, -0.05) is 20.8 Å². The fourth-order valence-corrected chi connectivity index (χ4v) is 8.10. The molecule has 0 aromatic heterocycles. The third-order valence-corrected chi connectivity index (χ3v) is 10.8. The molecule has 3 saturated heterocycles. The molecule has 3 N–H and O–H groups in total. The second kappa shape index (κ2) is 17.7. The molecule has 4 heterocycles. The number of terminal acetylenes is 1. The van der Waals surface area contributed by atoms with Crippen molar-refractivity contribution in [3.05, 3.63) is 0 Å². The van der Waals surface area contributed by atoms with E-state index >= 15 is 0 Å². The summed E-state index contributed by atoms with van der Waals surface area (Å²) in [5.74, 6) is -1.08. The Kier molecular flexibility index (Phi) is 14.8. The van der Waals surface area contributed by atoms with Crippen LogP contribution in [-0.4, -0.2) is 120 Å². The van der Waals surface area contributed by atoms with Gasteiger partial charge in [0.05, 0.1) is 37.0 Å². The van der Waals surface area contributed by atoms with Crippen molar-refractivity contribution in [3.63, 3.8) is 0 Å². The van der Waals surface area contributed by atoms with Crippen LogP contribution in [0.15, 0.2) is 4.99 Å². The van der Waals surface area contributed by atoms with Crippen molar-refractivity contribution in [2.75, 3.05) is 33.3 Å². The number of hydrogen-bond donors (Lipinski definition) is 3. The van der Waals surface area contributed by atoms with E-state index in [1.54, 1.807) is 20.8 Å². The predicted molar refractivity (Wildman–Crippen MR) is 183 cm³/mol. The number of fused-ring (bicyclic) bond motifs is 5. The van der Waals surface area contributed by atoms with Gasteiger partial charge in [0.25, 0.3) is 5.97 Å². The number of nitrogens with one attached hydrogen (secondary N) is 1. The lowest BCUT2D eigenvalue weighted by Gasteiger charge is -2.44. The van der Waals surface area contributed by atoms with Crippen LogP contribution in [0.2, 0.25) is 0 Å². The normalized spacial score (nSPS) is 40.2. The Balaban J connectivity index is 0.00000154. The second-order valence-corrected chi connectivity index (χ2v) is 14.6. The number of carboxylic acid groups (broad SMARTS) is 1. The third kappa shape index (κ3) is 9.67. The van der Waals surface area contributed by atoms with E-state index in [0.717, 1.165) is 25.6 Å². The molecule has 278 valence electrons. The summed E-state index contributed by atoms with van der Waals surface area (Å²) in [6.45, 7) is 16.5. The van der Waals surface area contributed by atoms with Gasteiger partial charge in [0, 0.05) is 62.4 Å². The van der Waals surface area contributed by atoms with Crippen molar-refractivity contribution in [2.45, 2.75) is 135 Å². The van der Waals surface area contributed by atoms with E-state index in [4.69, 9.17) is 45.2 Å². The number of carboxylic acids is 1. The van der Waals surface area contributed by atoms with Gasteiger partial charge in [-0.3, -0.25) is 24.6 Å². The molecule has 0 amide bonds. The van der Waals surface area contributed by atoms with Gasteiger partial charge in [-0.15, -0.1) is 12.3 Å².